The molecule has 106 valence electrons. The lowest BCUT2D eigenvalue weighted by molar-refractivity contribution is 0.356. The highest BCUT2D eigenvalue weighted by atomic mass is 79.9. The average Bonchev–Trinajstić information content (AvgIpc) is 2.81. The number of pyridine rings is 1. The molecular formula is C16H20BrN3. The molecule has 1 atom stereocenters. The maximum atomic E-state index is 4.64. The molecule has 1 aromatic carbocycles. The predicted octanol–water partition coefficient (Wildman–Crippen LogP) is 3.43. The van der Waals surface area contributed by atoms with E-state index >= 15 is 0 Å². The van der Waals surface area contributed by atoms with Crippen LogP contribution in [0.2, 0.25) is 0 Å². The van der Waals surface area contributed by atoms with Crippen LogP contribution in [0.1, 0.15) is 13.3 Å². The Bertz CT molecular complexity index is 628. The van der Waals surface area contributed by atoms with Crippen molar-refractivity contribution in [3.8, 4) is 0 Å². The number of fused-ring (bicyclic) bond motifs is 1. The lowest BCUT2D eigenvalue weighted by atomic mass is 9.90. The number of nitrogens with one attached hydrogen (secondary N) is 1. The summed E-state index contributed by atoms with van der Waals surface area (Å²) in [5.41, 5.74) is 0.338. The summed E-state index contributed by atoms with van der Waals surface area (Å²) in [5.74, 6) is 1.11. The Balaban J connectivity index is 1.98. The summed E-state index contributed by atoms with van der Waals surface area (Å²) < 4.78 is 1.14. The number of benzene rings is 1. The van der Waals surface area contributed by atoms with Gasteiger partial charge in [0.15, 0.2) is 0 Å². The number of rotatable bonds is 3. The van der Waals surface area contributed by atoms with Gasteiger partial charge in [0.25, 0.3) is 0 Å². The average molecular weight is 334 g/mol. The van der Waals surface area contributed by atoms with Crippen LogP contribution in [-0.2, 0) is 0 Å². The third-order valence-electron chi connectivity index (χ3n) is 4.19. The molecule has 0 aliphatic carbocycles. The number of anilines is 1. The Labute approximate surface area is 128 Å². The van der Waals surface area contributed by atoms with Crippen LogP contribution >= 0.6 is 15.9 Å². The molecule has 1 unspecified atom stereocenters. The Morgan fingerprint density at radius 2 is 2.20 bits per heavy atom. The molecule has 1 saturated heterocycles. The van der Waals surface area contributed by atoms with Crippen LogP contribution in [0.4, 0.5) is 5.82 Å². The highest BCUT2D eigenvalue weighted by molar-refractivity contribution is 9.10. The molecule has 1 aromatic heterocycles. The summed E-state index contributed by atoms with van der Waals surface area (Å²) in [7, 11) is 2.03. The van der Waals surface area contributed by atoms with Crippen molar-refractivity contribution in [2.24, 2.45) is 5.41 Å². The van der Waals surface area contributed by atoms with Crippen molar-refractivity contribution in [1.29, 1.82) is 0 Å². The predicted molar refractivity (Wildman–Crippen MR) is 88.3 cm³/mol. The first-order chi connectivity index (χ1) is 9.63. The fourth-order valence-electron chi connectivity index (χ4n) is 3.18. The van der Waals surface area contributed by atoms with E-state index in [0.717, 1.165) is 29.9 Å². The van der Waals surface area contributed by atoms with Crippen LogP contribution in [0.25, 0.3) is 10.8 Å². The molecule has 0 bridgehead atoms. The van der Waals surface area contributed by atoms with Gasteiger partial charge in [-0.25, -0.2) is 4.98 Å². The van der Waals surface area contributed by atoms with Gasteiger partial charge in [-0.1, -0.05) is 35.0 Å². The highest BCUT2D eigenvalue weighted by Crippen LogP contribution is 2.36. The zero-order valence-electron chi connectivity index (χ0n) is 12.0. The van der Waals surface area contributed by atoms with Crippen molar-refractivity contribution < 1.29 is 0 Å². The molecule has 20 heavy (non-hydrogen) atoms. The SMILES string of the molecule is CNCC1(C)CCN(c2nccc3c(Br)cccc23)C1. The van der Waals surface area contributed by atoms with Crippen molar-refractivity contribution in [3.63, 3.8) is 0 Å². The molecule has 0 saturated carbocycles. The number of hydrogen-bond donors (Lipinski definition) is 1. The molecule has 1 fully saturated rings. The number of halogens is 1. The van der Waals surface area contributed by atoms with E-state index in [2.05, 4.69) is 62.3 Å². The molecular weight excluding hydrogens is 314 g/mol. The zero-order chi connectivity index (χ0) is 14.2. The Morgan fingerprint density at radius 3 is 3.00 bits per heavy atom. The largest absolute Gasteiger partial charge is 0.355 e. The number of nitrogens with zero attached hydrogens (tertiary/aromatic N) is 2. The minimum Gasteiger partial charge on any atom is -0.355 e. The van der Waals surface area contributed by atoms with Gasteiger partial charge in [-0.15, -0.1) is 0 Å². The van der Waals surface area contributed by atoms with E-state index in [-0.39, 0.29) is 0 Å². The number of hydrogen-bond acceptors (Lipinski definition) is 3. The second-order valence-corrected chi connectivity index (χ2v) is 6.84. The van der Waals surface area contributed by atoms with Crippen LogP contribution in [0.5, 0.6) is 0 Å². The van der Waals surface area contributed by atoms with Crippen LogP contribution in [0.3, 0.4) is 0 Å². The van der Waals surface area contributed by atoms with E-state index in [9.17, 15) is 0 Å². The van der Waals surface area contributed by atoms with E-state index < -0.39 is 0 Å². The third-order valence-corrected chi connectivity index (χ3v) is 4.88. The van der Waals surface area contributed by atoms with E-state index in [1.54, 1.807) is 0 Å². The quantitative estimate of drug-likeness (QED) is 0.932. The summed E-state index contributed by atoms with van der Waals surface area (Å²) in [4.78, 5) is 7.06. The summed E-state index contributed by atoms with van der Waals surface area (Å²) in [5, 5.41) is 5.78. The van der Waals surface area contributed by atoms with Crippen molar-refractivity contribution in [1.82, 2.24) is 10.3 Å². The van der Waals surface area contributed by atoms with Gasteiger partial charge in [0, 0.05) is 41.1 Å². The van der Waals surface area contributed by atoms with Crippen molar-refractivity contribution in [3.05, 3.63) is 34.9 Å². The van der Waals surface area contributed by atoms with Crippen molar-refractivity contribution in [2.75, 3.05) is 31.6 Å². The fraction of sp³-hybridized carbons (Fsp3) is 0.438. The van der Waals surface area contributed by atoms with E-state index in [1.807, 2.05) is 13.2 Å². The molecule has 3 rings (SSSR count). The van der Waals surface area contributed by atoms with E-state index in [4.69, 9.17) is 0 Å². The third kappa shape index (κ3) is 2.42. The minimum absolute atomic E-state index is 0.338. The van der Waals surface area contributed by atoms with Crippen molar-refractivity contribution >= 4 is 32.5 Å². The second-order valence-electron chi connectivity index (χ2n) is 5.98. The first-order valence-electron chi connectivity index (χ1n) is 7.06. The molecule has 1 aliphatic rings. The maximum Gasteiger partial charge on any atom is 0.136 e. The molecule has 1 N–H and O–H groups in total. The van der Waals surface area contributed by atoms with Crippen LogP contribution in [0, 0.1) is 5.41 Å². The Morgan fingerprint density at radius 1 is 1.35 bits per heavy atom. The topological polar surface area (TPSA) is 28.2 Å². The molecule has 1 aliphatic heterocycles. The van der Waals surface area contributed by atoms with Gasteiger partial charge < -0.3 is 10.2 Å². The van der Waals surface area contributed by atoms with Gasteiger partial charge in [-0.05, 0) is 31.0 Å². The molecule has 0 amide bonds. The number of aromatic nitrogens is 1. The first-order valence-corrected chi connectivity index (χ1v) is 7.85. The van der Waals surface area contributed by atoms with E-state index in [0.29, 0.717) is 5.41 Å². The second kappa shape index (κ2) is 5.34. The van der Waals surface area contributed by atoms with Gasteiger partial charge in [0.2, 0.25) is 0 Å². The summed E-state index contributed by atoms with van der Waals surface area (Å²) in [6, 6.07) is 8.41. The smallest absolute Gasteiger partial charge is 0.136 e. The Kier molecular flexibility index (Phi) is 3.69. The lowest BCUT2D eigenvalue weighted by Gasteiger charge is -2.25. The molecule has 3 nitrogen and oxygen atoms in total. The standard InChI is InChI=1S/C16H20BrN3/c1-16(10-18-2)7-9-20(11-16)15-13-4-3-5-14(17)12(13)6-8-19-15/h3-6,8,18H,7,9-11H2,1-2H3. The highest BCUT2D eigenvalue weighted by Gasteiger charge is 2.34. The van der Waals surface area contributed by atoms with Crippen LogP contribution in [0.15, 0.2) is 34.9 Å². The monoisotopic (exact) mass is 333 g/mol. The van der Waals surface area contributed by atoms with Gasteiger partial charge >= 0.3 is 0 Å². The molecule has 2 aromatic rings. The molecule has 4 heteroatoms. The molecule has 0 spiro atoms. The van der Waals surface area contributed by atoms with Crippen LogP contribution < -0.4 is 10.2 Å². The van der Waals surface area contributed by atoms with Gasteiger partial charge in [0.05, 0.1) is 0 Å². The maximum absolute atomic E-state index is 4.64. The summed E-state index contributed by atoms with van der Waals surface area (Å²) in [6.45, 7) is 5.55. The lowest BCUT2D eigenvalue weighted by Crippen LogP contribution is -2.33. The zero-order valence-corrected chi connectivity index (χ0v) is 13.6. The molecule has 0 radical (unpaired) electrons. The minimum atomic E-state index is 0.338. The normalized spacial score (nSPS) is 22.6. The fourth-order valence-corrected chi connectivity index (χ4v) is 3.68. The summed E-state index contributed by atoms with van der Waals surface area (Å²) >= 11 is 3.63. The van der Waals surface area contributed by atoms with Gasteiger partial charge in [0.1, 0.15) is 5.82 Å². The van der Waals surface area contributed by atoms with Crippen molar-refractivity contribution in [2.45, 2.75) is 13.3 Å². The summed E-state index contributed by atoms with van der Waals surface area (Å²) in [6.07, 6.45) is 3.12. The Hall–Kier alpha value is -1.13. The molecule has 2 heterocycles. The first kappa shape index (κ1) is 13.8. The van der Waals surface area contributed by atoms with Crippen LogP contribution in [-0.4, -0.2) is 31.7 Å². The van der Waals surface area contributed by atoms with E-state index in [1.165, 1.54) is 17.2 Å². The van der Waals surface area contributed by atoms with Gasteiger partial charge in [-0.3, -0.25) is 0 Å². The van der Waals surface area contributed by atoms with Gasteiger partial charge in [-0.2, -0.15) is 0 Å².